The van der Waals surface area contributed by atoms with Crippen molar-refractivity contribution in [2.75, 3.05) is 19.8 Å². The lowest BCUT2D eigenvalue weighted by molar-refractivity contribution is -0.123. The highest BCUT2D eigenvalue weighted by Crippen LogP contribution is 2.34. The number of nitrogens with zero attached hydrogens (tertiary/aromatic N) is 1. The molecule has 2 heterocycles. The van der Waals surface area contributed by atoms with Gasteiger partial charge in [-0.15, -0.1) is 6.42 Å². The van der Waals surface area contributed by atoms with E-state index >= 15 is 0 Å². The van der Waals surface area contributed by atoms with Crippen LogP contribution in [0.1, 0.15) is 18.4 Å². The van der Waals surface area contributed by atoms with Crippen molar-refractivity contribution in [3.63, 3.8) is 0 Å². The Morgan fingerprint density at radius 3 is 3.08 bits per heavy atom. The van der Waals surface area contributed by atoms with Crippen molar-refractivity contribution in [1.29, 1.82) is 0 Å². The summed E-state index contributed by atoms with van der Waals surface area (Å²) in [5.74, 6) is 3.04. The van der Waals surface area contributed by atoms with E-state index in [2.05, 4.69) is 21.9 Å². The number of hydrogen-bond acceptors (Lipinski definition) is 5. The van der Waals surface area contributed by atoms with Crippen molar-refractivity contribution in [1.82, 2.24) is 4.90 Å². The van der Waals surface area contributed by atoms with Crippen molar-refractivity contribution < 1.29 is 14.3 Å². The lowest BCUT2D eigenvalue weighted by Gasteiger charge is -2.18. The first-order chi connectivity index (χ1) is 12.1. The molecule has 0 bridgehead atoms. The second-order valence-electron chi connectivity index (χ2n) is 5.61. The molecule has 1 amide bonds. The third kappa shape index (κ3) is 4.45. The molecule has 130 valence electrons. The Bertz CT molecular complexity index is 766. The van der Waals surface area contributed by atoms with Gasteiger partial charge in [0.05, 0.1) is 22.0 Å². The van der Waals surface area contributed by atoms with Crippen LogP contribution in [0.3, 0.4) is 0 Å². The normalized spacial score (nSPS) is 21.8. The lowest BCUT2D eigenvalue weighted by atomic mass is 10.2. The molecular weight excluding hydrogens is 422 g/mol. The highest BCUT2D eigenvalue weighted by molar-refractivity contribution is 9.10. The third-order valence-corrected chi connectivity index (χ3v) is 5.85. The average Bonchev–Trinajstić information content (AvgIpc) is 3.19. The number of ether oxygens (including phenoxy) is 2. The molecule has 2 aliphatic rings. The maximum Gasteiger partial charge on any atom is 0.266 e. The van der Waals surface area contributed by atoms with Crippen LogP contribution in [0.25, 0.3) is 6.08 Å². The smallest absolute Gasteiger partial charge is 0.266 e. The number of thiocarbonyl (C=S) groups is 1. The largest absolute Gasteiger partial charge is 0.480 e. The third-order valence-electron chi connectivity index (χ3n) is 3.85. The van der Waals surface area contributed by atoms with Crippen LogP contribution >= 0.6 is 39.9 Å². The van der Waals surface area contributed by atoms with E-state index in [0.717, 1.165) is 29.5 Å². The van der Waals surface area contributed by atoms with Crippen LogP contribution in [-0.2, 0) is 9.53 Å². The molecule has 1 aromatic rings. The van der Waals surface area contributed by atoms with Gasteiger partial charge in [-0.2, -0.15) is 0 Å². The van der Waals surface area contributed by atoms with Crippen LogP contribution in [0, 0.1) is 12.3 Å². The molecule has 2 saturated heterocycles. The second kappa shape index (κ2) is 8.37. The van der Waals surface area contributed by atoms with E-state index in [9.17, 15) is 4.79 Å². The molecule has 3 rings (SSSR count). The Labute approximate surface area is 165 Å². The van der Waals surface area contributed by atoms with Crippen LogP contribution in [0.4, 0.5) is 0 Å². The summed E-state index contributed by atoms with van der Waals surface area (Å²) in [4.78, 5) is 14.9. The van der Waals surface area contributed by atoms with Crippen LogP contribution in [0.5, 0.6) is 5.75 Å². The van der Waals surface area contributed by atoms with Crippen LogP contribution in [0.15, 0.2) is 27.6 Å². The van der Waals surface area contributed by atoms with E-state index in [1.54, 1.807) is 4.90 Å². The van der Waals surface area contributed by atoms with Gasteiger partial charge in [-0.3, -0.25) is 9.69 Å². The quantitative estimate of drug-likeness (QED) is 0.397. The maximum absolute atomic E-state index is 12.6. The molecular formula is C18H16BrNO3S2. The molecule has 0 spiro atoms. The summed E-state index contributed by atoms with van der Waals surface area (Å²) in [5, 5.41) is 0. The molecule has 0 aromatic heterocycles. The molecule has 25 heavy (non-hydrogen) atoms. The number of rotatable bonds is 5. The van der Waals surface area contributed by atoms with Crippen molar-refractivity contribution >= 4 is 56.2 Å². The predicted molar refractivity (Wildman–Crippen MR) is 107 cm³/mol. The minimum Gasteiger partial charge on any atom is -0.480 e. The Hall–Kier alpha value is -1.33. The van der Waals surface area contributed by atoms with E-state index in [1.807, 2.05) is 24.3 Å². The number of benzene rings is 1. The average molecular weight is 438 g/mol. The molecule has 4 nitrogen and oxygen atoms in total. The number of halogens is 1. The first-order valence-electron chi connectivity index (χ1n) is 7.81. The van der Waals surface area contributed by atoms with Gasteiger partial charge < -0.3 is 9.47 Å². The fraction of sp³-hybridized carbons (Fsp3) is 0.333. The van der Waals surface area contributed by atoms with Crippen LogP contribution in [-0.4, -0.2) is 41.0 Å². The number of hydrogen-bond donors (Lipinski definition) is 0. The topological polar surface area (TPSA) is 38.8 Å². The molecule has 0 saturated carbocycles. The highest BCUT2D eigenvalue weighted by atomic mass is 79.9. The van der Waals surface area contributed by atoms with Gasteiger partial charge in [0.1, 0.15) is 16.7 Å². The van der Waals surface area contributed by atoms with E-state index in [-0.39, 0.29) is 18.6 Å². The van der Waals surface area contributed by atoms with Crippen LogP contribution < -0.4 is 4.74 Å². The minimum absolute atomic E-state index is 0.0609. The van der Waals surface area contributed by atoms with Gasteiger partial charge in [-0.25, -0.2) is 0 Å². The summed E-state index contributed by atoms with van der Waals surface area (Å²) in [6.45, 7) is 1.50. The zero-order valence-electron chi connectivity index (χ0n) is 13.4. The van der Waals surface area contributed by atoms with Crippen molar-refractivity contribution in [2.24, 2.45) is 0 Å². The van der Waals surface area contributed by atoms with E-state index < -0.39 is 0 Å². The number of thioether (sulfide) groups is 1. The van der Waals surface area contributed by atoms with Gasteiger partial charge in [-0.1, -0.05) is 36.0 Å². The van der Waals surface area contributed by atoms with Crippen molar-refractivity contribution in [3.05, 3.63) is 33.1 Å². The van der Waals surface area contributed by atoms with E-state index in [4.69, 9.17) is 28.1 Å². The molecule has 1 atom stereocenters. The number of terminal acetylenes is 1. The predicted octanol–water partition coefficient (Wildman–Crippen LogP) is 3.84. The highest BCUT2D eigenvalue weighted by Gasteiger charge is 2.34. The molecule has 1 aromatic carbocycles. The number of amides is 1. The molecule has 2 fully saturated rings. The van der Waals surface area contributed by atoms with Gasteiger partial charge in [-0.05, 0) is 52.5 Å². The fourth-order valence-electron chi connectivity index (χ4n) is 2.64. The number of carbonyl (C=O) groups excluding carboxylic acids is 1. The Morgan fingerprint density at radius 1 is 1.56 bits per heavy atom. The van der Waals surface area contributed by atoms with E-state index in [1.165, 1.54) is 11.8 Å². The van der Waals surface area contributed by atoms with Crippen molar-refractivity contribution in [3.8, 4) is 18.1 Å². The van der Waals surface area contributed by atoms with Gasteiger partial charge in [0.2, 0.25) is 0 Å². The van der Waals surface area contributed by atoms with Gasteiger partial charge in [0.15, 0.2) is 0 Å². The second-order valence-corrected chi connectivity index (χ2v) is 8.14. The summed E-state index contributed by atoms with van der Waals surface area (Å²) in [6.07, 6.45) is 9.14. The zero-order valence-corrected chi connectivity index (χ0v) is 16.6. The Kier molecular flexibility index (Phi) is 6.18. The summed E-state index contributed by atoms with van der Waals surface area (Å²) >= 11 is 10.1. The van der Waals surface area contributed by atoms with E-state index in [0.29, 0.717) is 21.5 Å². The first kappa shape index (κ1) is 18.5. The van der Waals surface area contributed by atoms with Gasteiger partial charge in [0, 0.05) is 6.61 Å². The standard InChI is InChI=1S/C18H16BrNO3S2/c1-2-7-23-15-6-5-12(9-14(15)19)10-16-17(21)20(18(24)25-16)11-13-4-3-8-22-13/h1,5-6,9-10,13H,3-4,7-8,11H2/b16-10-/t13-/m1/s1. The molecule has 7 heteroatoms. The fourth-order valence-corrected chi connectivity index (χ4v) is 4.43. The molecule has 0 unspecified atom stereocenters. The molecule has 2 aliphatic heterocycles. The Morgan fingerprint density at radius 2 is 2.40 bits per heavy atom. The van der Waals surface area contributed by atoms with Crippen LogP contribution in [0.2, 0.25) is 0 Å². The summed E-state index contributed by atoms with van der Waals surface area (Å²) in [5.41, 5.74) is 0.887. The molecule has 0 N–H and O–H groups in total. The summed E-state index contributed by atoms with van der Waals surface area (Å²) < 4.78 is 12.4. The number of carbonyl (C=O) groups is 1. The SMILES string of the molecule is C#CCOc1ccc(/C=C2\SC(=S)N(C[C@H]3CCCO3)C2=O)cc1Br. The summed E-state index contributed by atoms with van der Waals surface area (Å²) in [7, 11) is 0. The Balaban J connectivity index is 1.73. The molecule has 0 radical (unpaired) electrons. The van der Waals surface area contributed by atoms with Gasteiger partial charge >= 0.3 is 0 Å². The van der Waals surface area contributed by atoms with Gasteiger partial charge in [0.25, 0.3) is 5.91 Å². The maximum atomic E-state index is 12.6. The first-order valence-corrected chi connectivity index (χ1v) is 9.83. The minimum atomic E-state index is -0.0609. The van der Waals surface area contributed by atoms with Crippen molar-refractivity contribution in [2.45, 2.75) is 18.9 Å². The lowest BCUT2D eigenvalue weighted by Crippen LogP contribution is -2.35. The molecule has 0 aliphatic carbocycles. The summed E-state index contributed by atoms with van der Waals surface area (Å²) in [6, 6.07) is 5.59. The zero-order chi connectivity index (χ0) is 17.8. The monoisotopic (exact) mass is 437 g/mol.